The van der Waals surface area contributed by atoms with Crippen molar-refractivity contribution in [1.29, 1.82) is 0 Å². The lowest BCUT2D eigenvalue weighted by Crippen LogP contribution is -2.20. The van der Waals surface area contributed by atoms with Crippen molar-refractivity contribution in [1.82, 2.24) is 9.55 Å². The first-order chi connectivity index (χ1) is 17.3. The number of amides is 1. The smallest absolute Gasteiger partial charge is 0.306 e. The van der Waals surface area contributed by atoms with E-state index < -0.39 is 5.97 Å². The highest BCUT2D eigenvalue weighted by molar-refractivity contribution is 5.95. The van der Waals surface area contributed by atoms with Gasteiger partial charge in [0.2, 0.25) is 0 Å². The molecule has 0 saturated heterocycles. The van der Waals surface area contributed by atoms with Crippen LogP contribution in [0.3, 0.4) is 0 Å². The molecule has 2 aromatic rings. The molecule has 1 unspecified atom stereocenters. The number of carboxylic acid groups (broad SMARTS) is 1. The van der Waals surface area contributed by atoms with Gasteiger partial charge in [0.15, 0.2) is 0 Å². The predicted molar refractivity (Wildman–Crippen MR) is 150 cm³/mol. The highest BCUT2D eigenvalue weighted by Gasteiger charge is 2.41. The zero-order valence-corrected chi connectivity index (χ0v) is 24.0. The topological polar surface area (TPSA) is 98.2 Å². The van der Waals surface area contributed by atoms with Crippen molar-refractivity contribution in [3.63, 3.8) is 0 Å². The third-order valence-electron chi connectivity index (χ3n) is 8.31. The van der Waals surface area contributed by atoms with E-state index in [1.54, 1.807) is 0 Å². The molecule has 6 heteroatoms. The molecule has 4 rings (SSSR count). The van der Waals surface area contributed by atoms with Gasteiger partial charge in [-0.25, -0.2) is 0 Å². The van der Waals surface area contributed by atoms with E-state index in [-0.39, 0.29) is 22.7 Å². The lowest BCUT2D eigenvalue weighted by molar-refractivity contribution is -0.144. The molecule has 2 aliphatic carbocycles. The standard InChI is InChI=1S/C26H39N3O.C5H8O2/c1-8-10-18(9-2)16-29-17(3)20(24(27)30)15-21(29)19-13-22(25(4,5)6)28-23(14-19)26(7)11-12-26;6-5(7)4-2-1-3-4/h13-15,18H,8-12,16H2,1-7H3,(H2,27,30);4H,1-3H2,(H,6,7). The fraction of sp³-hybridized carbons (Fsp3) is 0.645. The van der Waals surface area contributed by atoms with Crippen molar-refractivity contribution in [3.05, 3.63) is 40.8 Å². The normalized spacial score (nSPS) is 17.4. The number of rotatable bonds is 9. The van der Waals surface area contributed by atoms with Crippen LogP contribution in [0.25, 0.3) is 11.3 Å². The number of carbonyl (C=O) groups excluding carboxylic acids is 1. The first-order valence-electron chi connectivity index (χ1n) is 14.1. The summed E-state index contributed by atoms with van der Waals surface area (Å²) in [5.74, 6) is -0.383. The van der Waals surface area contributed by atoms with Gasteiger partial charge in [-0.3, -0.25) is 14.6 Å². The van der Waals surface area contributed by atoms with Gasteiger partial charge in [0.1, 0.15) is 0 Å². The maximum atomic E-state index is 12.2. The average molecular weight is 510 g/mol. The Balaban J connectivity index is 0.000000468. The highest BCUT2D eigenvalue weighted by Crippen LogP contribution is 2.48. The van der Waals surface area contributed by atoms with Crippen LogP contribution in [-0.2, 0) is 22.2 Å². The minimum atomic E-state index is -0.619. The Bertz CT molecular complexity index is 1090. The lowest BCUT2D eigenvalue weighted by Gasteiger charge is -2.23. The lowest BCUT2D eigenvalue weighted by atomic mass is 9.86. The van der Waals surface area contributed by atoms with E-state index in [0.717, 1.165) is 54.9 Å². The molecule has 37 heavy (non-hydrogen) atoms. The predicted octanol–water partition coefficient (Wildman–Crippen LogP) is 7.00. The first-order valence-corrected chi connectivity index (χ1v) is 14.1. The number of pyridine rings is 1. The van der Waals surface area contributed by atoms with Crippen LogP contribution in [-0.4, -0.2) is 26.5 Å². The summed E-state index contributed by atoms with van der Waals surface area (Å²) in [5.41, 5.74) is 12.0. The molecule has 1 atom stereocenters. The van der Waals surface area contributed by atoms with Gasteiger partial charge in [-0.15, -0.1) is 0 Å². The van der Waals surface area contributed by atoms with Crippen molar-refractivity contribution >= 4 is 11.9 Å². The molecule has 2 fully saturated rings. The molecule has 0 aliphatic heterocycles. The summed E-state index contributed by atoms with van der Waals surface area (Å²) in [7, 11) is 0. The SMILES string of the molecule is CCCC(CC)Cn1c(-c2cc(C(C)(C)C)nc(C3(C)CC3)c2)cc(C(N)=O)c1C.O=C(O)C1CCC1. The molecule has 2 saturated carbocycles. The van der Waals surface area contributed by atoms with Crippen LogP contribution >= 0.6 is 0 Å². The Hall–Kier alpha value is -2.63. The van der Waals surface area contributed by atoms with E-state index in [1.807, 2.05) is 13.0 Å². The number of primary amides is 1. The third-order valence-corrected chi connectivity index (χ3v) is 8.31. The molecule has 1 amide bonds. The summed E-state index contributed by atoms with van der Waals surface area (Å²) in [6.45, 7) is 16.4. The van der Waals surface area contributed by atoms with Crippen LogP contribution < -0.4 is 5.73 Å². The Morgan fingerprint density at radius 1 is 1.19 bits per heavy atom. The molecule has 3 N–H and O–H groups in total. The monoisotopic (exact) mass is 509 g/mol. The molecule has 0 spiro atoms. The molecule has 2 aliphatic rings. The van der Waals surface area contributed by atoms with Gasteiger partial charge in [0, 0.05) is 45.7 Å². The van der Waals surface area contributed by atoms with E-state index >= 15 is 0 Å². The van der Waals surface area contributed by atoms with E-state index in [4.69, 9.17) is 15.8 Å². The fourth-order valence-electron chi connectivity index (χ4n) is 4.93. The van der Waals surface area contributed by atoms with Crippen LogP contribution in [0.1, 0.15) is 120 Å². The van der Waals surface area contributed by atoms with E-state index in [9.17, 15) is 9.59 Å². The summed E-state index contributed by atoms with van der Waals surface area (Å²) in [6.07, 6.45) is 8.77. The number of aromatic nitrogens is 2. The molecular formula is C31H47N3O3. The van der Waals surface area contributed by atoms with E-state index in [1.165, 1.54) is 31.4 Å². The van der Waals surface area contributed by atoms with E-state index in [0.29, 0.717) is 11.5 Å². The second-order valence-electron chi connectivity index (χ2n) is 12.5. The summed E-state index contributed by atoms with van der Waals surface area (Å²) in [5, 5.41) is 8.23. The second-order valence-corrected chi connectivity index (χ2v) is 12.5. The van der Waals surface area contributed by atoms with Gasteiger partial charge in [-0.1, -0.05) is 60.8 Å². The zero-order valence-electron chi connectivity index (χ0n) is 24.0. The molecular weight excluding hydrogens is 462 g/mol. The Kier molecular flexibility index (Phi) is 8.92. The number of hydrogen-bond donors (Lipinski definition) is 2. The Morgan fingerprint density at radius 3 is 2.24 bits per heavy atom. The van der Waals surface area contributed by atoms with Gasteiger partial charge >= 0.3 is 5.97 Å². The van der Waals surface area contributed by atoms with Crippen molar-refractivity contribution < 1.29 is 14.7 Å². The van der Waals surface area contributed by atoms with Crippen LogP contribution in [0.15, 0.2) is 18.2 Å². The Morgan fingerprint density at radius 2 is 1.84 bits per heavy atom. The molecule has 2 heterocycles. The van der Waals surface area contributed by atoms with Crippen LogP contribution in [0.2, 0.25) is 0 Å². The van der Waals surface area contributed by atoms with Crippen molar-refractivity contribution in [2.75, 3.05) is 0 Å². The number of hydrogen-bond acceptors (Lipinski definition) is 3. The van der Waals surface area contributed by atoms with Gasteiger partial charge in [0.05, 0.1) is 11.5 Å². The number of nitrogens with zero attached hydrogens (tertiary/aromatic N) is 2. The van der Waals surface area contributed by atoms with Gasteiger partial charge in [-0.05, 0) is 63.1 Å². The largest absolute Gasteiger partial charge is 0.481 e. The summed E-state index contributed by atoms with van der Waals surface area (Å²) >= 11 is 0. The van der Waals surface area contributed by atoms with Crippen molar-refractivity contribution in [2.45, 2.75) is 117 Å². The zero-order chi connectivity index (χ0) is 27.5. The second kappa shape index (κ2) is 11.4. The number of carboxylic acids is 1. The van der Waals surface area contributed by atoms with Crippen molar-refractivity contribution in [2.24, 2.45) is 17.6 Å². The van der Waals surface area contributed by atoms with E-state index in [2.05, 4.69) is 58.2 Å². The summed E-state index contributed by atoms with van der Waals surface area (Å²) in [4.78, 5) is 27.2. The number of nitrogens with two attached hydrogens (primary N) is 1. The molecule has 0 radical (unpaired) electrons. The van der Waals surface area contributed by atoms with Crippen LogP contribution in [0, 0.1) is 18.8 Å². The first kappa shape index (κ1) is 28.9. The van der Waals surface area contributed by atoms with Gasteiger partial charge < -0.3 is 15.4 Å². The molecule has 0 bridgehead atoms. The fourth-order valence-corrected chi connectivity index (χ4v) is 4.93. The third kappa shape index (κ3) is 6.82. The average Bonchev–Trinajstić information content (AvgIpc) is 3.45. The highest BCUT2D eigenvalue weighted by atomic mass is 16.4. The maximum Gasteiger partial charge on any atom is 0.306 e. The maximum absolute atomic E-state index is 12.2. The summed E-state index contributed by atoms with van der Waals surface area (Å²) < 4.78 is 2.32. The van der Waals surface area contributed by atoms with Gasteiger partial charge in [-0.2, -0.15) is 0 Å². The molecule has 204 valence electrons. The molecule has 6 nitrogen and oxygen atoms in total. The molecule has 2 aromatic heterocycles. The van der Waals surface area contributed by atoms with Gasteiger partial charge in [0.25, 0.3) is 5.91 Å². The van der Waals surface area contributed by atoms with Crippen molar-refractivity contribution in [3.8, 4) is 11.3 Å². The minimum absolute atomic E-state index is 0.000000000000000444. The number of aliphatic carboxylic acids is 1. The Labute approximate surface area is 223 Å². The minimum Gasteiger partial charge on any atom is -0.481 e. The van der Waals surface area contributed by atoms with Crippen LogP contribution in [0.4, 0.5) is 0 Å². The summed E-state index contributed by atoms with van der Waals surface area (Å²) in [6, 6.07) is 6.46. The molecule has 0 aromatic carbocycles. The van der Waals surface area contributed by atoms with Crippen LogP contribution in [0.5, 0.6) is 0 Å². The quantitative estimate of drug-likeness (QED) is 0.380. The number of carbonyl (C=O) groups is 2.